The second-order valence-corrected chi connectivity index (χ2v) is 5.17. The summed E-state index contributed by atoms with van der Waals surface area (Å²) in [7, 11) is 0. The minimum Gasteiger partial charge on any atom is -0.379 e. The first-order chi connectivity index (χ1) is 8.78. The maximum Gasteiger partial charge on any atom is 0.406 e. The van der Waals surface area contributed by atoms with Crippen molar-refractivity contribution in [3.05, 3.63) is 0 Å². The van der Waals surface area contributed by atoms with Gasteiger partial charge >= 0.3 is 6.18 Å². The zero-order valence-corrected chi connectivity index (χ0v) is 11.4. The van der Waals surface area contributed by atoms with Crippen molar-refractivity contribution >= 4 is 5.91 Å². The molecule has 1 rings (SSSR count). The third-order valence-corrected chi connectivity index (χ3v) is 2.77. The Labute approximate surface area is 111 Å². The van der Waals surface area contributed by atoms with E-state index in [-0.39, 0.29) is 19.0 Å². The molecule has 0 saturated carbocycles. The van der Waals surface area contributed by atoms with E-state index in [1.807, 2.05) is 4.90 Å². The van der Waals surface area contributed by atoms with E-state index in [9.17, 15) is 18.0 Å². The normalized spacial score (nSPS) is 17.8. The summed E-state index contributed by atoms with van der Waals surface area (Å²) in [6.45, 7) is 4.81. The molecule has 0 bridgehead atoms. The summed E-state index contributed by atoms with van der Waals surface area (Å²) in [6, 6.07) is 0. The first kappa shape index (κ1) is 16.2. The molecule has 0 aliphatic carbocycles. The number of hydrogen-bond donors (Lipinski definition) is 0. The van der Waals surface area contributed by atoms with E-state index in [0.29, 0.717) is 26.3 Å². The van der Waals surface area contributed by atoms with Gasteiger partial charge in [-0.3, -0.25) is 9.69 Å². The zero-order chi connectivity index (χ0) is 14.5. The van der Waals surface area contributed by atoms with Crippen LogP contribution in [0.4, 0.5) is 13.2 Å². The van der Waals surface area contributed by atoms with Gasteiger partial charge in [-0.25, -0.2) is 0 Å². The van der Waals surface area contributed by atoms with Gasteiger partial charge in [0.15, 0.2) is 0 Å². The van der Waals surface area contributed by atoms with E-state index in [2.05, 4.69) is 0 Å². The van der Waals surface area contributed by atoms with Gasteiger partial charge in [-0.1, -0.05) is 13.8 Å². The van der Waals surface area contributed by atoms with Crippen molar-refractivity contribution in [3.63, 3.8) is 0 Å². The smallest absolute Gasteiger partial charge is 0.379 e. The van der Waals surface area contributed by atoms with Crippen LogP contribution in [0, 0.1) is 5.92 Å². The molecule has 1 heterocycles. The maximum absolute atomic E-state index is 12.5. The number of rotatable bonds is 5. The number of halogens is 3. The molecule has 0 N–H and O–H groups in total. The largest absolute Gasteiger partial charge is 0.406 e. The van der Waals surface area contributed by atoms with Gasteiger partial charge in [-0.15, -0.1) is 0 Å². The monoisotopic (exact) mass is 282 g/mol. The highest BCUT2D eigenvalue weighted by Gasteiger charge is 2.33. The van der Waals surface area contributed by atoms with E-state index < -0.39 is 18.6 Å². The van der Waals surface area contributed by atoms with E-state index in [0.717, 1.165) is 4.90 Å². The van der Waals surface area contributed by atoms with Crippen LogP contribution in [0.1, 0.15) is 13.8 Å². The molecule has 1 saturated heterocycles. The second-order valence-electron chi connectivity index (χ2n) is 5.17. The lowest BCUT2D eigenvalue weighted by atomic mass is 10.2. The molecule has 0 spiro atoms. The molecule has 0 unspecified atom stereocenters. The summed E-state index contributed by atoms with van der Waals surface area (Å²) in [6.07, 6.45) is -4.35. The Morgan fingerprint density at radius 3 is 2.37 bits per heavy atom. The first-order valence-electron chi connectivity index (χ1n) is 6.42. The van der Waals surface area contributed by atoms with Crippen LogP contribution in [-0.2, 0) is 9.53 Å². The Morgan fingerprint density at radius 2 is 1.89 bits per heavy atom. The third kappa shape index (κ3) is 6.77. The zero-order valence-electron chi connectivity index (χ0n) is 11.4. The van der Waals surface area contributed by atoms with Gasteiger partial charge < -0.3 is 9.64 Å². The number of amides is 1. The van der Waals surface area contributed by atoms with Gasteiger partial charge in [0.25, 0.3) is 0 Å². The lowest BCUT2D eigenvalue weighted by Crippen LogP contribution is -2.48. The minimum absolute atomic E-state index is 0.0102. The minimum atomic E-state index is -4.35. The summed E-state index contributed by atoms with van der Waals surface area (Å²) in [4.78, 5) is 14.7. The standard InChI is InChI=1S/C12H21F3N2O2/c1-10(2)7-17(9-12(13,14)15)11(18)8-16-3-5-19-6-4-16/h10H,3-9H2,1-2H3. The number of morpholine rings is 1. The highest BCUT2D eigenvalue weighted by atomic mass is 19.4. The van der Waals surface area contributed by atoms with Gasteiger partial charge in [0, 0.05) is 19.6 Å². The highest BCUT2D eigenvalue weighted by Crippen LogP contribution is 2.17. The van der Waals surface area contributed by atoms with Crippen molar-refractivity contribution in [1.29, 1.82) is 0 Å². The van der Waals surface area contributed by atoms with Crippen LogP contribution in [0.3, 0.4) is 0 Å². The Bertz CT molecular complexity index is 289. The predicted molar refractivity (Wildman–Crippen MR) is 64.7 cm³/mol. The topological polar surface area (TPSA) is 32.8 Å². The van der Waals surface area contributed by atoms with Gasteiger partial charge in [0.2, 0.25) is 5.91 Å². The van der Waals surface area contributed by atoms with Crippen LogP contribution in [0.25, 0.3) is 0 Å². The van der Waals surface area contributed by atoms with Gasteiger partial charge in [0.05, 0.1) is 19.8 Å². The fourth-order valence-electron chi connectivity index (χ4n) is 1.96. The van der Waals surface area contributed by atoms with Crippen molar-refractivity contribution in [3.8, 4) is 0 Å². The summed E-state index contributed by atoms with van der Waals surface area (Å²) in [5.74, 6) is -0.455. The predicted octanol–water partition coefficient (Wildman–Crippen LogP) is 1.37. The van der Waals surface area contributed by atoms with Crippen LogP contribution in [0.15, 0.2) is 0 Å². The lowest BCUT2D eigenvalue weighted by Gasteiger charge is -2.30. The molecule has 19 heavy (non-hydrogen) atoms. The summed E-state index contributed by atoms with van der Waals surface area (Å²) in [5.41, 5.74) is 0. The highest BCUT2D eigenvalue weighted by molar-refractivity contribution is 5.78. The van der Waals surface area contributed by atoms with E-state index in [1.54, 1.807) is 13.8 Å². The first-order valence-corrected chi connectivity index (χ1v) is 6.42. The van der Waals surface area contributed by atoms with Gasteiger partial charge in [-0.2, -0.15) is 13.2 Å². The second kappa shape index (κ2) is 7.09. The Balaban J connectivity index is 2.54. The molecule has 0 atom stereocenters. The molecule has 112 valence electrons. The number of ether oxygens (including phenoxy) is 1. The number of carbonyl (C=O) groups is 1. The molecule has 1 aliphatic heterocycles. The Hall–Kier alpha value is -0.820. The number of nitrogens with zero attached hydrogens (tertiary/aromatic N) is 2. The molecule has 4 nitrogen and oxygen atoms in total. The van der Waals surface area contributed by atoms with Crippen molar-refractivity contribution < 1.29 is 22.7 Å². The number of hydrogen-bond acceptors (Lipinski definition) is 3. The summed E-state index contributed by atoms with van der Waals surface area (Å²) >= 11 is 0. The van der Waals surface area contributed by atoms with Gasteiger partial charge in [-0.05, 0) is 5.92 Å². The fraction of sp³-hybridized carbons (Fsp3) is 0.917. The van der Waals surface area contributed by atoms with Crippen molar-refractivity contribution in [2.45, 2.75) is 20.0 Å². The quantitative estimate of drug-likeness (QED) is 0.763. The Morgan fingerprint density at radius 1 is 1.32 bits per heavy atom. The van der Waals surface area contributed by atoms with Crippen LogP contribution < -0.4 is 0 Å². The maximum atomic E-state index is 12.5. The summed E-state index contributed by atoms with van der Waals surface area (Å²) < 4.78 is 42.5. The van der Waals surface area contributed by atoms with E-state index in [1.165, 1.54) is 0 Å². The molecule has 1 amide bonds. The average Bonchev–Trinajstić information content (AvgIpc) is 2.27. The molecule has 0 aromatic rings. The molecule has 1 aliphatic rings. The fourth-order valence-corrected chi connectivity index (χ4v) is 1.96. The number of carbonyl (C=O) groups excluding carboxylic acids is 1. The molecule has 7 heteroatoms. The SMILES string of the molecule is CC(C)CN(CC(F)(F)F)C(=O)CN1CCOCC1. The van der Waals surface area contributed by atoms with Crippen LogP contribution in [0.2, 0.25) is 0 Å². The average molecular weight is 282 g/mol. The molecule has 1 fully saturated rings. The number of alkyl halides is 3. The van der Waals surface area contributed by atoms with E-state index >= 15 is 0 Å². The molecule has 0 aromatic carbocycles. The van der Waals surface area contributed by atoms with Crippen LogP contribution in [-0.4, -0.2) is 67.8 Å². The Kier molecular flexibility index (Phi) is 6.06. The van der Waals surface area contributed by atoms with Crippen LogP contribution >= 0.6 is 0 Å². The molecular formula is C12H21F3N2O2. The molecule has 0 radical (unpaired) electrons. The third-order valence-electron chi connectivity index (χ3n) is 2.77. The molecular weight excluding hydrogens is 261 g/mol. The lowest BCUT2D eigenvalue weighted by molar-refractivity contribution is -0.163. The van der Waals surface area contributed by atoms with Crippen molar-refractivity contribution in [2.24, 2.45) is 5.92 Å². The van der Waals surface area contributed by atoms with E-state index in [4.69, 9.17) is 4.74 Å². The van der Waals surface area contributed by atoms with Crippen LogP contribution in [0.5, 0.6) is 0 Å². The summed E-state index contributed by atoms with van der Waals surface area (Å²) in [5, 5.41) is 0. The molecule has 0 aromatic heterocycles. The van der Waals surface area contributed by atoms with Crippen molar-refractivity contribution in [2.75, 3.05) is 45.9 Å². The van der Waals surface area contributed by atoms with Crippen molar-refractivity contribution in [1.82, 2.24) is 9.80 Å². The van der Waals surface area contributed by atoms with Gasteiger partial charge in [0.1, 0.15) is 6.54 Å².